The number of aryl methyl sites for hydroxylation is 1. The van der Waals surface area contributed by atoms with Gasteiger partial charge < -0.3 is 14.5 Å². The molecule has 5 heteroatoms. The zero-order valence-electron chi connectivity index (χ0n) is 13.4. The third kappa shape index (κ3) is 2.98. The molecule has 2 heterocycles. The molecule has 1 aliphatic rings. The zero-order chi connectivity index (χ0) is 15.5. The van der Waals surface area contributed by atoms with Crippen LogP contribution in [0.2, 0.25) is 0 Å². The van der Waals surface area contributed by atoms with Gasteiger partial charge in [-0.05, 0) is 50.2 Å². The maximum absolute atomic E-state index is 5.22. The number of nitrogens with zero attached hydrogens (tertiary/aromatic N) is 4. The first-order valence-electron chi connectivity index (χ1n) is 7.63. The van der Waals surface area contributed by atoms with Gasteiger partial charge in [0.05, 0.1) is 12.8 Å². The highest BCUT2D eigenvalue weighted by atomic mass is 16.5. The van der Waals surface area contributed by atoms with Crippen LogP contribution in [0.15, 0.2) is 36.4 Å². The van der Waals surface area contributed by atoms with Crippen LogP contribution in [0.25, 0.3) is 0 Å². The lowest BCUT2D eigenvalue weighted by Crippen LogP contribution is -2.52. The molecule has 1 aliphatic heterocycles. The molecular weight excluding hydrogens is 276 g/mol. The predicted octanol–water partition coefficient (Wildman–Crippen LogP) is 2.51. The minimum absolute atomic E-state index is 0.396. The summed E-state index contributed by atoms with van der Waals surface area (Å²) in [7, 11) is 1.69. The summed E-state index contributed by atoms with van der Waals surface area (Å²) in [5.41, 5.74) is 2.19. The number of anilines is 2. The first-order chi connectivity index (χ1) is 10.7. The lowest BCUT2D eigenvalue weighted by molar-refractivity contribution is 0.414. The number of hydrogen-bond donors (Lipinski definition) is 0. The topological polar surface area (TPSA) is 41.5 Å². The van der Waals surface area contributed by atoms with E-state index in [-0.39, 0.29) is 0 Å². The van der Waals surface area contributed by atoms with Gasteiger partial charge in [-0.15, -0.1) is 5.10 Å². The molecule has 3 rings (SSSR count). The van der Waals surface area contributed by atoms with E-state index in [9.17, 15) is 0 Å². The Morgan fingerprint density at radius 3 is 2.41 bits per heavy atom. The Morgan fingerprint density at radius 1 is 1.05 bits per heavy atom. The van der Waals surface area contributed by atoms with Crippen LogP contribution in [0.3, 0.4) is 0 Å². The molecule has 1 atom stereocenters. The van der Waals surface area contributed by atoms with Crippen molar-refractivity contribution in [3.05, 3.63) is 42.1 Å². The van der Waals surface area contributed by atoms with Crippen LogP contribution in [0.1, 0.15) is 12.6 Å². The second-order valence-corrected chi connectivity index (χ2v) is 5.72. The minimum Gasteiger partial charge on any atom is -0.497 e. The second kappa shape index (κ2) is 6.22. The number of piperazine rings is 1. The molecule has 0 N–H and O–H groups in total. The molecule has 0 amide bonds. The van der Waals surface area contributed by atoms with Crippen LogP contribution in [0.5, 0.6) is 5.75 Å². The molecule has 1 aromatic carbocycles. The smallest absolute Gasteiger partial charge is 0.151 e. The monoisotopic (exact) mass is 298 g/mol. The van der Waals surface area contributed by atoms with Crippen LogP contribution in [-0.4, -0.2) is 43.0 Å². The molecule has 5 nitrogen and oxygen atoms in total. The van der Waals surface area contributed by atoms with Gasteiger partial charge in [0.15, 0.2) is 5.82 Å². The van der Waals surface area contributed by atoms with E-state index < -0.39 is 0 Å². The van der Waals surface area contributed by atoms with Gasteiger partial charge in [0.1, 0.15) is 5.75 Å². The third-order valence-electron chi connectivity index (χ3n) is 4.14. The molecule has 0 spiro atoms. The number of benzene rings is 1. The largest absolute Gasteiger partial charge is 0.497 e. The summed E-state index contributed by atoms with van der Waals surface area (Å²) in [5, 5.41) is 8.48. The van der Waals surface area contributed by atoms with Crippen LogP contribution in [0, 0.1) is 6.92 Å². The van der Waals surface area contributed by atoms with Crippen molar-refractivity contribution in [2.24, 2.45) is 0 Å². The molecule has 0 aliphatic carbocycles. The fourth-order valence-corrected chi connectivity index (χ4v) is 2.87. The Morgan fingerprint density at radius 2 is 1.82 bits per heavy atom. The SMILES string of the molecule is COc1ccc(N2CCN(c3ccc(C)nn3)[C@H](C)C2)cc1. The van der Waals surface area contributed by atoms with E-state index >= 15 is 0 Å². The fourth-order valence-electron chi connectivity index (χ4n) is 2.87. The quantitative estimate of drug-likeness (QED) is 0.871. The van der Waals surface area contributed by atoms with Gasteiger partial charge in [-0.25, -0.2) is 0 Å². The van der Waals surface area contributed by atoms with Crippen LogP contribution in [0.4, 0.5) is 11.5 Å². The molecule has 0 saturated carbocycles. The van der Waals surface area contributed by atoms with E-state index in [2.05, 4.69) is 45.1 Å². The van der Waals surface area contributed by atoms with Gasteiger partial charge in [0, 0.05) is 31.4 Å². The summed E-state index contributed by atoms with van der Waals surface area (Å²) in [5.74, 6) is 1.86. The van der Waals surface area contributed by atoms with E-state index in [1.165, 1.54) is 5.69 Å². The van der Waals surface area contributed by atoms with Gasteiger partial charge in [-0.2, -0.15) is 5.10 Å². The first kappa shape index (κ1) is 14.6. The molecule has 0 bridgehead atoms. The molecule has 116 valence electrons. The number of aromatic nitrogens is 2. The number of rotatable bonds is 3. The fraction of sp³-hybridized carbons (Fsp3) is 0.412. The average molecular weight is 298 g/mol. The molecule has 0 radical (unpaired) electrons. The second-order valence-electron chi connectivity index (χ2n) is 5.72. The van der Waals surface area contributed by atoms with Crippen molar-refractivity contribution in [3.8, 4) is 5.75 Å². The van der Waals surface area contributed by atoms with Gasteiger partial charge in [0.25, 0.3) is 0 Å². The van der Waals surface area contributed by atoms with Gasteiger partial charge >= 0.3 is 0 Å². The van der Waals surface area contributed by atoms with Crippen LogP contribution in [-0.2, 0) is 0 Å². The van der Waals surface area contributed by atoms with Crippen molar-refractivity contribution in [1.82, 2.24) is 10.2 Å². The van der Waals surface area contributed by atoms with E-state index in [1.807, 2.05) is 25.1 Å². The summed E-state index contributed by atoms with van der Waals surface area (Å²) in [4.78, 5) is 4.73. The summed E-state index contributed by atoms with van der Waals surface area (Å²) in [6, 6.07) is 12.7. The number of hydrogen-bond acceptors (Lipinski definition) is 5. The highest BCUT2D eigenvalue weighted by Gasteiger charge is 2.25. The molecule has 1 aromatic heterocycles. The van der Waals surface area contributed by atoms with E-state index in [1.54, 1.807) is 7.11 Å². The Bertz CT molecular complexity index is 612. The van der Waals surface area contributed by atoms with Gasteiger partial charge in [-0.1, -0.05) is 0 Å². The Balaban J connectivity index is 1.70. The van der Waals surface area contributed by atoms with Crippen molar-refractivity contribution >= 4 is 11.5 Å². The predicted molar refractivity (Wildman–Crippen MR) is 88.8 cm³/mol. The Hall–Kier alpha value is -2.30. The minimum atomic E-state index is 0.396. The van der Waals surface area contributed by atoms with E-state index in [4.69, 9.17) is 4.74 Å². The summed E-state index contributed by atoms with van der Waals surface area (Å²) in [6.07, 6.45) is 0. The van der Waals surface area contributed by atoms with Crippen molar-refractivity contribution in [1.29, 1.82) is 0 Å². The Labute approximate surface area is 131 Å². The molecular formula is C17H22N4O. The molecule has 0 unspecified atom stereocenters. The molecule has 1 saturated heterocycles. The van der Waals surface area contributed by atoms with Gasteiger partial charge in [-0.3, -0.25) is 0 Å². The average Bonchev–Trinajstić information content (AvgIpc) is 2.56. The standard InChI is InChI=1S/C17H22N4O/c1-13-4-9-17(19-18-13)21-11-10-20(12-14(21)2)15-5-7-16(22-3)8-6-15/h4-9,14H,10-12H2,1-3H3/t14-/m1/s1. The number of methoxy groups -OCH3 is 1. The zero-order valence-corrected chi connectivity index (χ0v) is 13.4. The lowest BCUT2D eigenvalue weighted by Gasteiger charge is -2.41. The van der Waals surface area contributed by atoms with Gasteiger partial charge in [0.2, 0.25) is 0 Å². The normalized spacial score (nSPS) is 18.4. The highest BCUT2D eigenvalue weighted by Crippen LogP contribution is 2.24. The van der Waals surface area contributed by atoms with E-state index in [0.29, 0.717) is 6.04 Å². The van der Waals surface area contributed by atoms with Crippen molar-refractivity contribution in [2.75, 3.05) is 36.5 Å². The van der Waals surface area contributed by atoms with Crippen molar-refractivity contribution in [3.63, 3.8) is 0 Å². The summed E-state index contributed by atoms with van der Waals surface area (Å²) < 4.78 is 5.22. The summed E-state index contributed by atoms with van der Waals surface area (Å²) in [6.45, 7) is 7.10. The molecule has 1 fully saturated rings. The van der Waals surface area contributed by atoms with E-state index in [0.717, 1.165) is 36.9 Å². The number of ether oxygens (including phenoxy) is 1. The third-order valence-corrected chi connectivity index (χ3v) is 4.14. The van der Waals surface area contributed by atoms with Crippen molar-refractivity contribution < 1.29 is 4.74 Å². The Kier molecular flexibility index (Phi) is 4.13. The summed E-state index contributed by atoms with van der Waals surface area (Å²) >= 11 is 0. The maximum Gasteiger partial charge on any atom is 0.151 e. The van der Waals surface area contributed by atoms with Crippen LogP contribution < -0.4 is 14.5 Å². The van der Waals surface area contributed by atoms with Crippen LogP contribution >= 0.6 is 0 Å². The lowest BCUT2D eigenvalue weighted by atomic mass is 10.1. The van der Waals surface area contributed by atoms with Crippen molar-refractivity contribution in [2.45, 2.75) is 19.9 Å². The molecule has 22 heavy (non-hydrogen) atoms. The molecule has 2 aromatic rings. The highest BCUT2D eigenvalue weighted by molar-refractivity contribution is 5.52. The maximum atomic E-state index is 5.22. The first-order valence-corrected chi connectivity index (χ1v) is 7.63.